The fourth-order valence-corrected chi connectivity index (χ4v) is 2.78. The summed E-state index contributed by atoms with van der Waals surface area (Å²) in [5, 5.41) is 12.9. The molecule has 1 aromatic carbocycles. The third-order valence-corrected chi connectivity index (χ3v) is 4.27. The first kappa shape index (κ1) is 22.5. The lowest BCUT2D eigenvalue weighted by molar-refractivity contribution is 0.0511. The number of alkyl halides is 2. The van der Waals surface area contributed by atoms with Crippen LogP contribution in [0, 0.1) is 11.3 Å². The number of benzene rings is 1. The van der Waals surface area contributed by atoms with E-state index in [1.165, 1.54) is 0 Å². The number of hydrogen-bond acceptors (Lipinski definition) is 6. The average molecular weight is 405 g/mol. The number of halogens is 2. The van der Waals surface area contributed by atoms with Gasteiger partial charge < -0.3 is 9.64 Å². The Labute approximate surface area is 169 Å². The van der Waals surface area contributed by atoms with E-state index in [2.05, 4.69) is 11.2 Å². The third kappa shape index (κ3) is 6.34. The second-order valence-electron chi connectivity index (χ2n) is 6.77. The van der Waals surface area contributed by atoms with Crippen molar-refractivity contribution in [2.45, 2.75) is 26.6 Å². The number of carbonyl (C=O) groups is 1. The van der Waals surface area contributed by atoms with E-state index in [9.17, 15) is 13.6 Å². The molecule has 0 atom stereocenters. The number of likely N-dealkylation sites (N-methyl/N-ethyl adjacent to an activating group) is 1. The molecule has 0 aliphatic heterocycles. The minimum atomic E-state index is -2.86. The van der Waals surface area contributed by atoms with E-state index in [0.29, 0.717) is 25.2 Å². The number of aromatic nitrogens is 2. The molecule has 0 bridgehead atoms. The van der Waals surface area contributed by atoms with Gasteiger partial charge in [-0.15, -0.1) is 0 Å². The average Bonchev–Trinajstić information content (AvgIpc) is 3.11. The second-order valence-corrected chi connectivity index (χ2v) is 6.77. The van der Waals surface area contributed by atoms with Gasteiger partial charge in [-0.25, -0.2) is 18.3 Å². The van der Waals surface area contributed by atoms with E-state index in [1.54, 1.807) is 19.1 Å². The Balaban J connectivity index is 2.25. The normalized spacial score (nSPS) is 11.3. The Morgan fingerprint density at radius 1 is 1.28 bits per heavy atom. The van der Waals surface area contributed by atoms with E-state index in [-0.39, 0.29) is 18.8 Å². The zero-order chi connectivity index (χ0) is 21.4. The van der Waals surface area contributed by atoms with Crippen molar-refractivity contribution >= 4 is 5.97 Å². The van der Waals surface area contributed by atoms with Crippen LogP contribution in [0.25, 0.3) is 0 Å². The van der Waals surface area contributed by atoms with E-state index >= 15 is 0 Å². The first-order valence-corrected chi connectivity index (χ1v) is 9.22. The van der Waals surface area contributed by atoms with Gasteiger partial charge in [0.1, 0.15) is 11.3 Å². The lowest BCUT2D eigenvalue weighted by atomic mass is 10.1. The smallest absolute Gasteiger partial charge is 0.341 e. The second kappa shape index (κ2) is 10.6. The number of nitrogens with zero attached hydrogens (tertiary/aromatic N) is 5. The van der Waals surface area contributed by atoms with Crippen LogP contribution in [0.3, 0.4) is 0 Å². The molecule has 156 valence electrons. The van der Waals surface area contributed by atoms with Crippen LogP contribution >= 0.6 is 0 Å². The van der Waals surface area contributed by atoms with Gasteiger partial charge in [0.05, 0.1) is 31.1 Å². The molecule has 2 aromatic rings. The summed E-state index contributed by atoms with van der Waals surface area (Å²) < 4.78 is 33.4. The van der Waals surface area contributed by atoms with Crippen LogP contribution in [0.2, 0.25) is 0 Å². The van der Waals surface area contributed by atoms with Crippen molar-refractivity contribution in [2.24, 2.45) is 0 Å². The summed E-state index contributed by atoms with van der Waals surface area (Å²) in [6, 6.07) is 9.18. The van der Waals surface area contributed by atoms with Crippen LogP contribution < -0.4 is 0 Å². The van der Waals surface area contributed by atoms with E-state index < -0.39 is 18.1 Å². The number of carbonyl (C=O) groups excluding carboxylic acids is 1. The van der Waals surface area contributed by atoms with Crippen molar-refractivity contribution < 1.29 is 18.3 Å². The molecule has 1 heterocycles. The maximum atomic E-state index is 13.7. The number of esters is 1. The number of ether oxygens (including phenoxy) is 1. The van der Waals surface area contributed by atoms with Gasteiger partial charge >= 0.3 is 5.97 Å². The molecule has 0 saturated carbocycles. The molecular formula is C20H25F2N5O2. The van der Waals surface area contributed by atoms with Gasteiger partial charge in [0.25, 0.3) is 6.43 Å². The molecule has 29 heavy (non-hydrogen) atoms. The molecule has 0 unspecified atom stereocenters. The number of rotatable bonds is 10. The summed E-state index contributed by atoms with van der Waals surface area (Å²) in [5.74, 6) is -0.805. The fourth-order valence-electron chi connectivity index (χ4n) is 2.78. The molecule has 0 N–H and O–H groups in total. The Hall–Kier alpha value is -2.83. The summed E-state index contributed by atoms with van der Waals surface area (Å²) in [6.45, 7) is 3.60. The summed E-state index contributed by atoms with van der Waals surface area (Å²) in [6.07, 6.45) is -1.73. The lowest BCUT2D eigenvalue weighted by Gasteiger charge is -2.25. The molecule has 7 nitrogen and oxygen atoms in total. The fraction of sp³-hybridized carbons (Fsp3) is 0.450. The highest BCUT2D eigenvalue weighted by Crippen LogP contribution is 2.24. The standard InChI is InChI=1S/C20H25F2N5O2/c1-4-29-20(28)17-12-24-27(18(17)19(21)22)14-26(10-9-25(2)3)13-16-7-5-15(11-23)6-8-16/h5-8,12,19H,4,9-10,13-14H2,1-3H3. The monoisotopic (exact) mass is 405 g/mol. The van der Waals surface area contributed by atoms with Crippen LogP contribution in [0.4, 0.5) is 8.78 Å². The van der Waals surface area contributed by atoms with Crippen molar-refractivity contribution in [3.63, 3.8) is 0 Å². The van der Waals surface area contributed by atoms with Crippen LogP contribution in [0.15, 0.2) is 30.5 Å². The van der Waals surface area contributed by atoms with Crippen molar-refractivity contribution in [1.82, 2.24) is 19.6 Å². The van der Waals surface area contributed by atoms with Gasteiger partial charge in [-0.1, -0.05) is 12.1 Å². The summed E-state index contributed by atoms with van der Waals surface area (Å²) in [7, 11) is 3.86. The third-order valence-electron chi connectivity index (χ3n) is 4.27. The van der Waals surface area contributed by atoms with Gasteiger partial charge in [0.15, 0.2) is 0 Å². The minimum absolute atomic E-state index is 0.0902. The Bertz CT molecular complexity index is 844. The van der Waals surface area contributed by atoms with Gasteiger partial charge in [0, 0.05) is 19.6 Å². The molecule has 2 rings (SSSR count). The van der Waals surface area contributed by atoms with Gasteiger partial charge in [-0.2, -0.15) is 10.4 Å². The SMILES string of the molecule is CCOC(=O)c1cnn(CN(CCN(C)C)Cc2ccc(C#N)cc2)c1C(F)F. The molecule has 1 aromatic heterocycles. The number of nitriles is 1. The van der Waals surface area contributed by atoms with Gasteiger partial charge in [0.2, 0.25) is 0 Å². The van der Waals surface area contributed by atoms with Gasteiger partial charge in [-0.05, 0) is 38.7 Å². The molecule has 0 aliphatic rings. The Kier molecular flexibility index (Phi) is 8.24. The van der Waals surface area contributed by atoms with Crippen molar-refractivity contribution in [3.8, 4) is 6.07 Å². The van der Waals surface area contributed by atoms with Crippen LogP contribution in [0.1, 0.15) is 40.5 Å². The van der Waals surface area contributed by atoms with E-state index in [0.717, 1.165) is 16.4 Å². The van der Waals surface area contributed by atoms with Crippen LogP contribution in [-0.2, 0) is 18.0 Å². The molecular weight excluding hydrogens is 380 g/mol. The summed E-state index contributed by atoms with van der Waals surface area (Å²) in [4.78, 5) is 15.9. The molecule has 0 radical (unpaired) electrons. The molecule has 0 saturated heterocycles. The molecule has 0 aliphatic carbocycles. The van der Waals surface area contributed by atoms with Crippen molar-refractivity contribution in [3.05, 3.63) is 52.8 Å². The summed E-state index contributed by atoms with van der Waals surface area (Å²) in [5.41, 5.74) is 0.838. The van der Waals surface area contributed by atoms with Crippen molar-refractivity contribution in [2.75, 3.05) is 33.8 Å². The zero-order valence-corrected chi connectivity index (χ0v) is 16.8. The highest BCUT2D eigenvalue weighted by atomic mass is 19.3. The predicted octanol–water partition coefficient (Wildman–Crippen LogP) is 2.89. The topological polar surface area (TPSA) is 74.4 Å². The highest BCUT2D eigenvalue weighted by molar-refractivity contribution is 5.90. The number of hydrogen-bond donors (Lipinski definition) is 0. The van der Waals surface area contributed by atoms with Crippen LogP contribution in [0.5, 0.6) is 0 Å². The summed E-state index contributed by atoms with van der Waals surface area (Å²) >= 11 is 0. The Morgan fingerprint density at radius 3 is 2.52 bits per heavy atom. The first-order valence-electron chi connectivity index (χ1n) is 9.22. The maximum absolute atomic E-state index is 13.7. The quantitative estimate of drug-likeness (QED) is 0.566. The largest absolute Gasteiger partial charge is 0.462 e. The molecule has 9 heteroatoms. The highest BCUT2D eigenvalue weighted by Gasteiger charge is 2.26. The van der Waals surface area contributed by atoms with Crippen molar-refractivity contribution in [1.29, 1.82) is 5.26 Å². The van der Waals surface area contributed by atoms with E-state index in [1.807, 2.05) is 36.0 Å². The Morgan fingerprint density at radius 2 is 1.97 bits per heavy atom. The molecule has 0 fully saturated rings. The maximum Gasteiger partial charge on any atom is 0.341 e. The lowest BCUT2D eigenvalue weighted by Crippen LogP contribution is -2.34. The predicted molar refractivity (Wildman–Crippen MR) is 103 cm³/mol. The van der Waals surface area contributed by atoms with Gasteiger partial charge in [-0.3, -0.25) is 4.90 Å². The first-order chi connectivity index (χ1) is 13.8. The minimum Gasteiger partial charge on any atom is -0.462 e. The molecule has 0 amide bonds. The van der Waals surface area contributed by atoms with Crippen LogP contribution in [-0.4, -0.2) is 59.3 Å². The zero-order valence-electron chi connectivity index (χ0n) is 16.8. The van der Waals surface area contributed by atoms with E-state index in [4.69, 9.17) is 10.00 Å². The molecule has 0 spiro atoms.